The van der Waals surface area contributed by atoms with Crippen molar-refractivity contribution in [3.63, 3.8) is 0 Å². The van der Waals surface area contributed by atoms with Crippen LogP contribution in [0.3, 0.4) is 0 Å². The van der Waals surface area contributed by atoms with Gasteiger partial charge in [0.15, 0.2) is 0 Å². The molecule has 22 rings (SSSR count). The smallest absolute Gasteiger partial charge is 0.399 e. The van der Waals surface area contributed by atoms with Crippen molar-refractivity contribution in [1.82, 2.24) is 0 Å². The summed E-state index contributed by atoms with van der Waals surface area (Å²) in [4.78, 5) is 0. The Bertz CT molecular complexity index is 7210. The predicted octanol–water partition coefficient (Wildman–Crippen LogP) is 31.6. The lowest BCUT2D eigenvalue weighted by Crippen LogP contribution is -2.41. The Morgan fingerprint density at radius 2 is 0.292 bits per heavy atom. The first kappa shape index (κ1) is 90.5. The van der Waals surface area contributed by atoms with Gasteiger partial charge in [-0.3, -0.25) is 0 Å². The summed E-state index contributed by atoms with van der Waals surface area (Å²) < 4.78 is 39.7. The van der Waals surface area contributed by atoms with E-state index in [2.05, 4.69) is 538 Å². The van der Waals surface area contributed by atoms with Gasteiger partial charge in [-0.1, -0.05) is 364 Å². The highest BCUT2D eigenvalue weighted by Gasteiger charge is 2.54. The molecule has 3 aliphatic rings. The SMILES string of the molecule is CC1(C)OB(c2cc(-c3cc(-c4ccccc4)cc(-c4ccccc4)c3)cc(-c3cc(-c4ccccc4)cc(-c4ccccc4)c3)c2)OC1(C)C.CC1(C)OB(c2cc(-c3cccc(-c4ccccc4)c3)cc(-c3cc(-c4ccccc4)cc(-c4ccccc4)c3)c2)OC1(C)C.CC1(C)OB(c2cc(-c3cccc(-c4ccccc4)c3)cc(-c3cc4ccccc4c4ccccc34)c2)OC1(C)C. The second-order valence-electron chi connectivity index (χ2n) is 39.5. The van der Waals surface area contributed by atoms with Crippen LogP contribution in [0.5, 0.6) is 0 Å². The molecule has 137 heavy (non-hydrogen) atoms. The molecular formula is C128H111B3O6. The molecule has 0 spiro atoms. The number of rotatable bonds is 17. The van der Waals surface area contributed by atoms with E-state index < -0.39 is 55.0 Å². The van der Waals surface area contributed by atoms with Crippen molar-refractivity contribution >= 4 is 59.3 Å². The molecule has 19 aromatic rings. The summed E-state index contributed by atoms with van der Waals surface area (Å²) in [6, 6.07) is 163. The maximum atomic E-state index is 6.68. The lowest BCUT2D eigenvalue weighted by Gasteiger charge is -2.32. The van der Waals surface area contributed by atoms with Crippen LogP contribution in [0.2, 0.25) is 0 Å². The van der Waals surface area contributed by atoms with Crippen LogP contribution in [-0.4, -0.2) is 55.0 Å². The maximum Gasteiger partial charge on any atom is 0.494 e. The third kappa shape index (κ3) is 19.3. The summed E-state index contributed by atoms with van der Waals surface area (Å²) in [6.45, 7) is 25.3. The van der Waals surface area contributed by atoms with Crippen molar-refractivity contribution in [2.24, 2.45) is 0 Å². The van der Waals surface area contributed by atoms with E-state index in [4.69, 9.17) is 27.9 Å². The molecule has 0 amide bonds. The first-order chi connectivity index (χ1) is 66.3. The van der Waals surface area contributed by atoms with Gasteiger partial charge in [-0.05, 0) is 368 Å². The molecule has 3 saturated heterocycles. The zero-order valence-electron chi connectivity index (χ0n) is 80.0. The normalized spacial score (nSPS) is 15.3. The van der Waals surface area contributed by atoms with Crippen LogP contribution in [0.1, 0.15) is 83.1 Å². The first-order valence-corrected chi connectivity index (χ1v) is 47.8. The van der Waals surface area contributed by atoms with Gasteiger partial charge in [0, 0.05) is 0 Å². The number of fused-ring (bicyclic) bond motifs is 3. The molecule has 0 atom stereocenters. The molecule has 0 aromatic heterocycles. The molecule has 3 heterocycles. The molecule has 0 aliphatic carbocycles. The summed E-state index contributed by atoms with van der Waals surface area (Å²) in [7, 11) is -1.44. The summed E-state index contributed by atoms with van der Waals surface area (Å²) in [5.41, 5.74) is 33.1. The van der Waals surface area contributed by atoms with Crippen molar-refractivity contribution < 1.29 is 27.9 Å². The molecule has 0 saturated carbocycles. The largest absolute Gasteiger partial charge is 0.494 e. The van der Waals surface area contributed by atoms with Gasteiger partial charge in [-0.25, -0.2) is 0 Å². The van der Waals surface area contributed by atoms with Crippen LogP contribution < -0.4 is 16.4 Å². The van der Waals surface area contributed by atoms with E-state index in [1.54, 1.807) is 0 Å². The fourth-order valence-corrected chi connectivity index (χ4v) is 18.8. The standard InChI is InChI=1S/C48H41BO2.C42H37BO2.C38H33BO2/c1-47(2)48(3,4)51-49(50-47)46-32-44(42-27-38(34-17-9-5-10-18-34)25-39(28-42)35-19-11-6-12-20-35)31-45(33-46)43-29-40(36-21-13-7-14-22-36)26-41(30-43)37-23-15-8-16-24-37;1-41(2)42(3,4)45-43(44-41)40-28-38(34-22-14-21-33(23-34)30-15-8-5-9-16-30)27-39(29-40)37-25-35(31-17-10-6-11-18-31)24-36(26-37)32-19-12-7-13-20-32;1-37(2)38(3,4)41-39(40-37)32-23-30(28-17-12-16-27(21-28)26-13-6-5-7-14-26)22-31(24-32)36-25-29-15-8-9-18-33(29)34-19-10-11-20-35(34)36/h5-33H,1-4H3;5-29H,1-4H3;5-25H,1-4H3. The fraction of sp³-hybridized carbons (Fsp3) is 0.141. The summed E-state index contributed by atoms with van der Waals surface area (Å²) in [5.74, 6) is 0. The molecular weight excluding hydrogens is 1670 g/mol. The van der Waals surface area contributed by atoms with Gasteiger partial charge < -0.3 is 27.9 Å². The highest BCUT2D eigenvalue weighted by molar-refractivity contribution is 6.63. The van der Waals surface area contributed by atoms with Crippen LogP contribution in [0.15, 0.2) is 455 Å². The molecule has 3 fully saturated rings. The molecule has 9 heteroatoms. The fourth-order valence-electron chi connectivity index (χ4n) is 18.8. The molecule has 0 bridgehead atoms. The Labute approximate surface area is 809 Å². The lowest BCUT2D eigenvalue weighted by atomic mass is 9.76. The average molecular weight is 1780 g/mol. The zero-order valence-corrected chi connectivity index (χ0v) is 80.0. The predicted molar refractivity (Wildman–Crippen MR) is 578 cm³/mol. The second-order valence-corrected chi connectivity index (χ2v) is 39.5. The van der Waals surface area contributed by atoms with Crippen LogP contribution in [-0.2, 0) is 27.9 Å². The van der Waals surface area contributed by atoms with E-state index in [0.29, 0.717) is 0 Å². The zero-order chi connectivity index (χ0) is 94.2. The van der Waals surface area contributed by atoms with E-state index in [-0.39, 0.29) is 0 Å². The molecule has 0 N–H and O–H groups in total. The highest BCUT2D eigenvalue weighted by atomic mass is 16.7. The number of hydrogen-bond acceptors (Lipinski definition) is 6. The van der Waals surface area contributed by atoms with E-state index in [0.717, 1.165) is 77.6 Å². The van der Waals surface area contributed by atoms with Gasteiger partial charge in [-0.2, -0.15) is 0 Å². The summed E-state index contributed by atoms with van der Waals surface area (Å²) in [5, 5.41) is 5.00. The minimum absolute atomic E-state index is 0.420. The van der Waals surface area contributed by atoms with Crippen LogP contribution in [0.4, 0.5) is 0 Å². The Hall–Kier alpha value is -14.3. The first-order valence-electron chi connectivity index (χ1n) is 47.8. The lowest BCUT2D eigenvalue weighted by molar-refractivity contribution is 0.00578. The summed E-state index contributed by atoms with van der Waals surface area (Å²) in [6.07, 6.45) is 0. The van der Waals surface area contributed by atoms with E-state index in [1.165, 1.54) is 116 Å². The van der Waals surface area contributed by atoms with Crippen molar-refractivity contribution in [3.05, 3.63) is 455 Å². The van der Waals surface area contributed by atoms with Crippen LogP contribution in [0.25, 0.3) is 177 Å². The van der Waals surface area contributed by atoms with Gasteiger partial charge in [0.1, 0.15) is 0 Å². The van der Waals surface area contributed by atoms with E-state index in [1.807, 2.05) is 0 Å². The Morgan fingerprint density at radius 1 is 0.131 bits per heavy atom. The number of benzene rings is 19. The minimum atomic E-state index is -0.509. The van der Waals surface area contributed by atoms with Crippen molar-refractivity contribution in [3.8, 4) is 156 Å². The Morgan fingerprint density at radius 3 is 0.547 bits per heavy atom. The topological polar surface area (TPSA) is 55.4 Å². The Kier molecular flexibility index (Phi) is 24.9. The van der Waals surface area contributed by atoms with Gasteiger partial charge in [0.2, 0.25) is 0 Å². The van der Waals surface area contributed by atoms with Gasteiger partial charge in [0.25, 0.3) is 0 Å². The molecule has 19 aromatic carbocycles. The van der Waals surface area contributed by atoms with Crippen molar-refractivity contribution in [2.75, 3.05) is 0 Å². The quantitative estimate of drug-likeness (QED) is 0.0669. The van der Waals surface area contributed by atoms with Gasteiger partial charge in [-0.15, -0.1) is 0 Å². The molecule has 6 nitrogen and oxygen atoms in total. The Balaban J connectivity index is 0.000000128. The average Bonchev–Trinajstić information content (AvgIpc) is 1.75. The van der Waals surface area contributed by atoms with Gasteiger partial charge in [0.05, 0.1) is 33.6 Å². The number of hydrogen-bond donors (Lipinski definition) is 0. The molecule has 0 unspecified atom stereocenters. The molecule has 668 valence electrons. The second kappa shape index (κ2) is 37.7. The summed E-state index contributed by atoms with van der Waals surface area (Å²) >= 11 is 0. The van der Waals surface area contributed by atoms with Crippen LogP contribution in [0, 0.1) is 0 Å². The van der Waals surface area contributed by atoms with E-state index in [9.17, 15) is 0 Å². The third-order valence-electron chi connectivity index (χ3n) is 28.6. The van der Waals surface area contributed by atoms with E-state index >= 15 is 0 Å². The van der Waals surface area contributed by atoms with Gasteiger partial charge >= 0.3 is 21.4 Å². The monoisotopic (exact) mass is 1780 g/mol. The van der Waals surface area contributed by atoms with Crippen molar-refractivity contribution in [2.45, 2.75) is 117 Å². The maximum absolute atomic E-state index is 6.68. The molecule has 3 aliphatic heterocycles. The minimum Gasteiger partial charge on any atom is -0.399 e. The van der Waals surface area contributed by atoms with Crippen molar-refractivity contribution in [1.29, 1.82) is 0 Å². The third-order valence-corrected chi connectivity index (χ3v) is 28.6. The molecule has 0 radical (unpaired) electrons. The van der Waals surface area contributed by atoms with Crippen LogP contribution >= 0.6 is 0 Å². The highest BCUT2D eigenvalue weighted by Crippen LogP contribution is 2.46.